The number of halogens is 1. The zero-order chi connectivity index (χ0) is 19.7. The molecule has 2 aromatic carbocycles. The van der Waals surface area contributed by atoms with E-state index >= 15 is 0 Å². The Kier molecular flexibility index (Phi) is 4.97. The van der Waals surface area contributed by atoms with E-state index in [1.165, 1.54) is 0 Å². The van der Waals surface area contributed by atoms with Crippen LogP contribution in [0.5, 0.6) is 11.5 Å². The number of benzene rings is 2. The number of carbonyl (C=O) groups is 2. The lowest BCUT2D eigenvalue weighted by Gasteiger charge is -2.09. The Morgan fingerprint density at radius 2 is 2.07 bits per heavy atom. The quantitative estimate of drug-likeness (QED) is 0.642. The molecule has 0 saturated heterocycles. The van der Waals surface area contributed by atoms with Crippen LogP contribution in [0, 0.1) is 0 Å². The summed E-state index contributed by atoms with van der Waals surface area (Å²) < 4.78 is 9.70. The van der Waals surface area contributed by atoms with Crippen molar-refractivity contribution in [3.8, 4) is 11.5 Å². The van der Waals surface area contributed by atoms with E-state index in [4.69, 9.17) is 16.3 Å². The van der Waals surface area contributed by atoms with Crippen LogP contribution >= 0.6 is 23.1 Å². The predicted molar refractivity (Wildman–Crippen MR) is 108 cm³/mol. The lowest BCUT2D eigenvalue weighted by Crippen LogP contribution is -2.14. The lowest BCUT2D eigenvalue weighted by atomic mass is 10.1. The zero-order valence-electron chi connectivity index (χ0n) is 14.8. The van der Waals surface area contributed by atoms with E-state index in [0.29, 0.717) is 50.5 Å². The molecule has 28 heavy (non-hydrogen) atoms. The van der Waals surface area contributed by atoms with Crippen LogP contribution in [-0.2, 0) is 6.42 Å². The van der Waals surface area contributed by atoms with Crippen molar-refractivity contribution in [2.75, 3.05) is 10.6 Å². The molecule has 1 aromatic heterocycles. The first-order valence-corrected chi connectivity index (χ1v) is 9.75. The number of fused-ring (bicyclic) bond motifs is 2. The molecular formula is C19H15ClN4O3S. The van der Waals surface area contributed by atoms with Crippen molar-refractivity contribution in [1.82, 2.24) is 9.59 Å². The van der Waals surface area contributed by atoms with Gasteiger partial charge in [0.1, 0.15) is 10.6 Å². The number of aryl methyl sites for hydroxylation is 1. The molecule has 0 spiro atoms. The van der Waals surface area contributed by atoms with Gasteiger partial charge in [-0.1, -0.05) is 29.4 Å². The van der Waals surface area contributed by atoms with E-state index in [9.17, 15) is 9.59 Å². The molecule has 0 unspecified atom stereocenters. The summed E-state index contributed by atoms with van der Waals surface area (Å²) in [6, 6.07) is 9.89. The van der Waals surface area contributed by atoms with Gasteiger partial charge in [-0.25, -0.2) is 0 Å². The molecule has 0 saturated carbocycles. The number of carbonyl (C=O) groups excluding carboxylic acids is 2. The number of ether oxygens (including phenoxy) is 1. The van der Waals surface area contributed by atoms with Crippen LogP contribution in [0.2, 0.25) is 5.02 Å². The summed E-state index contributed by atoms with van der Waals surface area (Å²) >= 11 is 7.04. The summed E-state index contributed by atoms with van der Waals surface area (Å²) in [5.41, 5.74) is 1.94. The molecule has 1 aliphatic heterocycles. The number of aromatic nitrogens is 2. The van der Waals surface area contributed by atoms with E-state index in [1.54, 1.807) is 36.4 Å². The van der Waals surface area contributed by atoms with Gasteiger partial charge in [0.15, 0.2) is 5.75 Å². The van der Waals surface area contributed by atoms with Crippen LogP contribution in [0.1, 0.15) is 39.1 Å². The van der Waals surface area contributed by atoms with Gasteiger partial charge >= 0.3 is 0 Å². The van der Waals surface area contributed by atoms with Crippen molar-refractivity contribution in [2.45, 2.75) is 19.8 Å². The maximum Gasteiger partial charge on any atom is 0.269 e. The fraction of sp³-hybridized carbons (Fsp3) is 0.158. The van der Waals surface area contributed by atoms with Gasteiger partial charge in [-0.2, -0.15) is 0 Å². The predicted octanol–water partition coefficient (Wildman–Crippen LogP) is 4.75. The minimum atomic E-state index is -0.349. The van der Waals surface area contributed by atoms with Crippen molar-refractivity contribution in [2.24, 2.45) is 0 Å². The number of hydrogen-bond donors (Lipinski definition) is 2. The minimum Gasteiger partial charge on any atom is -0.454 e. The van der Waals surface area contributed by atoms with Gasteiger partial charge in [0, 0.05) is 10.7 Å². The zero-order valence-corrected chi connectivity index (χ0v) is 16.4. The third kappa shape index (κ3) is 3.56. The molecular weight excluding hydrogens is 400 g/mol. The molecule has 2 heterocycles. The van der Waals surface area contributed by atoms with Crippen LogP contribution in [0.15, 0.2) is 36.4 Å². The average molecular weight is 415 g/mol. The van der Waals surface area contributed by atoms with Crippen molar-refractivity contribution in [3.05, 3.63) is 57.6 Å². The van der Waals surface area contributed by atoms with Crippen LogP contribution in [0.25, 0.3) is 0 Å². The Balaban J connectivity index is 1.60. The first kappa shape index (κ1) is 18.4. The molecule has 3 aromatic rings. The molecule has 0 aliphatic carbocycles. The van der Waals surface area contributed by atoms with Crippen LogP contribution in [0.3, 0.4) is 0 Å². The smallest absolute Gasteiger partial charge is 0.269 e. The van der Waals surface area contributed by atoms with E-state index in [-0.39, 0.29) is 11.8 Å². The molecule has 0 radical (unpaired) electrons. The fourth-order valence-corrected chi connectivity index (χ4v) is 3.62. The topological polar surface area (TPSA) is 93.2 Å². The largest absolute Gasteiger partial charge is 0.454 e. The molecule has 0 fully saturated rings. The second-order valence-electron chi connectivity index (χ2n) is 6.16. The van der Waals surface area contributed by atoms with E-state index in [0.717, 1.165) is 18.0 Å². The first-order valence-electron chi connectivity index (χ1n) is 8.60. The van der Waals surface area contributed by atoms with Crippen molar-refractivity contribution < 1.29 is 14.3 Å². The molecule has 1 aliphatic rings. The highest BCUT2D eigenvalue weighted by Gasteiger charge is 2.22. The standard InChI is InChI=1S/C19H15ClN4O3S/c1-2-3-13-17(28-24-23-13)19(26)21-11-5-7-15-12(9-11)18(25)22-14-8-10(20)4-6-16(14)27-15/h4-9H,2-3H2,1H3,(H,21,26)(H,22,25). The highest BCUT2D eigenvalue weighted by atomic mass is 35.5. The molecule has 2 amide bonds. The van der Waals surface area contributed by atoms with Gasteiger partial charge in [-0.15, -0.1) is 5.10 Å². The molecule has 7 nitrogen and oxygen atoms in total. The highest BCUT2D eigenvalue weighted by Crippen LogP contribution is 2.38. The maximum absolute atomic E-state index is 12.6. The van der Waals surface area contributed by atoms with Crippen molar-refractivity contribution >= 4 is 46.3 Å². The van der Waals surface area contributed by atoms with Gasteiger partial charge < -0.3 is 15.4 Å². The number of anilines is 2. The normalized spacial score (nSPS) is 12.3. The van der Waals surface area contributed by atoms with Crippen molar-refractivity contribution in [3.63, 3.8) is 0 Å². The Bertz CT molecular complexity index is 1080. The van der Waals surface area contributed by atoms with Crippen LogP contribution in [-0.4, -0.2) is 21.4 Å². The minimum absolute atomic E-state index is 0.302. The summed E-state index contributed by atoms with van der Waals surface area (Å²) in [6.07, 6.45) is 1.55. The summed E-state index contributed by atoms with van der Waals surface area (Å²) in [5, 5.41) is 10.1. The molecule has 0 atom stereocenters. The van der Waals surface area contributed by atoms with E-state index in [1.807, 2.05) is 6.92 Å². The second kappa shape index (κ2) is 7.57. The maximum atomic E-state index is 12.6. The Hall–Kier alpha value is -2.97. The highest BCUT2D eigenvalue weighted by molar-refractivity contribution is 7.08. The number of nitrogens with one attached hydrogen (secondary N) is 2. The summed E-state index contributed by atoms with van der Waals surface area (Å²) in [6.45, 7) is 2.01. The first-order chi connectivity index (χ1) is 13.5. The Labute approximate surface area is 169 Å². The van der Waals surface area contributed by atoms with Gasteiger partial charge in [0.2, 0.25) is 0 Å². The molecule has 0 bridgehead atoms. The molecule has 142 valence electrons. The van der Waals surface area contributed by atoms with Gasteiger partial charge in [0.25, 0.3) is 11.8 Å². The van der Waals surface area contributed by atoms with Crippen molar-refractivity contribution in [1.29, 1.82) is 0 Å². The number of nitrogens with zero attached hydrogens (tertiary/aromatic N) is 2. The summed E-state index contributed by atoms with van der Waals surface area (Å²) in [5.74, 6) is 0.234. The number of hydrogen-bond acceptors (Lipinski definition) is 6. The van der Waals surface area contributed by atoms with E-state index < -0.39 is 0 Å². The fourth-order valence-electron chi connectivity index (χ4n) is 2.84. The van der Waals surface area contributed by atoms with Crippen LogP contribution < -0.4 is 15.4 Å². The Morgan fingerprint density at radius 1 is 1.25 bits per heavy atom. The number of rotatable bonds is 4. The average Bonchev–Trinajstić information content (AvgIpc) is 3.08. The molecule has 4 rings (SSSR count). The van der Waals surface area contributed by atoms with Gasteiger partial charge in [0.05, 0.1) is 16.9 Å². The third-order valence-electron chi connectivity index (χ3n) is 4.14. The van der Waals surface area contributed by atoms with E-state index in [2.05, 4.69) is 20.2 Å². The second-order valence-corrected chi connectivity index (χ2v) is 7.35. The summed E-state index contributed by atoms with van der Waals surface area (Å²) in [7, 11) is 0. The Morgan fingerprint density at radius 3 is 2.89 bits per heavy atom. The monoisotopic (exact) mass is 414 g/mol. The molecule has 9 heteroatoms. The SMILES string of the molecule is CCCc1nnsc1C(=O)Nc1ccc2c(c1)C(=O)Nc1cc(Cl)ccc1O2. The van der Waals surface area contributed by atoms with Gasteiger partial charge in [-0.05, 0) is 54.4 Å². The lowest BCUT2D eigenvalue weighted by molar-refractivity contribution is 0.101. The summed E-state index contributed by atoms with van der Waals surface area (Å²) in [4.78, 5) is 25.7. The van der Waals surface area contributed by atoms with Gasteiger partial charge in [-0.3, -0.25) is 9.59 Å². The third-order valence-corrected chi connectivity index (χ3v) is 5.14. The van der Waals surface area contributed by atoms with Crippen LogP contribution in [0.4, 0.5) is 11.4 Å². The molecule has 2 N–H and O–H groups in total. The number of amides is 2.